The van der Waals surface area contributed by atoms with Crippen molar-refractivity contribution in [3.63, 3.8) is 0 Å². The Bertz CT molecular complexity index is 851. The van der Waals surface area contributed by atoms with Crippen molar-refractivity contribution in [1.82, 2.24) is 0 Å². The van der Waals surface area contributed by atoms with Crippen LogP contribution in [0.1, 0.15) is 91.0 Å². The summed E-state index contributed by atoms with van der Waals surface area (Å²) in [7, 11) is 0. The van der Waals surface area contributed by atoms with Crippen molar-refractivity contribution in [3.05, 3.63) is 24.2 Å². The molecule has 0 unspecified atom stereocenters. The van der Waals surface area contributed by atoms with Crippen LogP contribution in [0.3, 0.4) is 0 Å². The Morgan fingerprint density at radius 2 is 1.74 bits per heavy atom. The fraction of sp³-hybridized carbons (Fsp3) is 0.862. The molecular weight excluding hydrogens is 444 g/mol. The lowest BCUT2D eigenvalue weighted by atomic mass is 9.43. The Kier molecular flexibility index (Phi) is 6.93. The lowest BCUT2D eigenvalue weighted by molar-refractivity contribution is -0.241. The molecule has 35 heavy (non-hydrogen) atoms. The highest BCUT2D eigenvalue weighted by molar-refractivity contribution is 5.30. The van der Waals surface area contributed by atoms with Crippen molar-refractivity contribution in [3.8, 4) is 0 Å². The van der Waals surface area contributed by atoms with Crippen LogP contribution in [0, 0.1) is 28.6 Å². The van der Waals surface area contributed by atoms with E-state index in [0.717, 1.165) is 50.5 Å². The van der Waals surface area contributed by atoms with Gasteiger partial charge in [0.05, 0.1) is 30.8 Å². The third kappa shape index (κ3) is 3.85. The Morgan fingerprint density at radius 3 is 2.43 bits per heavy atom. The average Bonchev–Trinajstić information content (AvgIpc) is 3.45. The molecule has 0 aliphatic heterocycles. The molecule has 6 heteroatoms. The molecule has 8 atom stereocenters. The van der Waals surface area contributed by atoms with Crippen molar-refractivity contribution in [1.29, 1.82) is 0 Å². The van der Waals surface area contributed by atoms with Crippen LogP contribution in [0.25, 0.3) is 0 Å². The topological polar surface area (TPSA) is 81.3 Å². The first-order valence-corrected chi connectivity index (χ1v) is 14.0. The molecule has 0 saturated heterocycles. The molecule has 2 N–H and O–H groups in total. The van der Waals surface area contributed by atoms with Gasteiger partial charge in [-0.15, -0.1) is 0 Å². The highest BCUT2D eigenvalue weighted by Crippen LogP contribution is 2.71. The lowest BCUT2D eigenvalue weighted by Gasteiger charge is -2.64. The summed E-state index contributed by atoms with van der Waals surface area (Å²) >= 11 is 0. The smallest absolute Gasteiger partial charge is 0.180 e. The fourth-order valence-electron chi connectivity index (χ4n) is 9.05. The molecule has 1 heterocycles. The van der Waals surface area contributed by atoms with Gasteiger partial charge in [-0.2, -0.15) is 0 Å². The number of ether oxygens (including phenoxy) is 3. The Hall–Kier alpha value is -0.920. The van der Waals surface area contributed by atoms with E-state index in [9.17, 15) is 10.2 Å². The van der Waals surface area contributed by atoms with E-state index < -0.39 is 16.6 Å². The largest absolute Gasteiger partial charge is 0.472 e. The zero-order chi connectivity index (χ0) is 24.9. The maximum Gasteiger partial charge on any atom is 0.180 e. The van der Waals surface area contributed by atoms with Crippen LogP contribution in [-0.2, 0) is 19.8 Å². The summed E-state index contributed by atoms with van der Waals surface area (Å²) in [6.07, 6.45) is 11.9. The summed E-state index contributed by atoms with van der Waals surface area (Å²) in [6.45, 7) is 10.3. The lowest BCUT2D eigenvalue weighted by Crippen LogP contribution is -2.64. The van der Waals surface area contributed by atoms with E-state index in [1.54, 1.807) is 12.5 Å². The van der Waals surface area contributed by atoms with Gasteiger partial charge in [-0.05, 0) is 101 Å². The van der Waals surface area contributed by atoms with E-state index in [4.69, 9.17) is 18.6 Å². The standard InChI is InChI=1S/C29H46O6/c1-5-33-25(34-6-2)19-35-22-9-12-26(3)20(17-22)7-8-24-23(26)10-13-27(4)28(30,14-15-29(24,27)31)21-11-16-32-18-21/h11,16,18,20,22-25,30-31H,5-10,12-15,17,19H2,1-4H3/t20-,22+,23+,24-,26+,27-,28+,29+/m1/s1. The molecule has 1 aromatic rings. The predicted octanol–water partition coefficient (Wildman–Crippen LogP) is 5.41. The molecule has 0 amide bonds. The summed E-state index contributed by atoms with van der Waals surface area (Å²) in [5, 5.41) is 24.3. The van der Waals surface area contributed by atoms with Crippen LogP contribution in [-0.4, -0.2) is 48.0 Å². The van der Waals surface area contributed by atoms with Crippen LogP contribution in [0.4, 0.5) is 0 Å². The molecule has 0 bridgehead atoms. The second-order valence-electron chi connectivity index (χ2n) is 12.2. The second-order valence-corrected chi connectivity index (χ2v) is 12.2. The Morgan fingerprint density at radius 1 is 0.971 bits per heavy atom. The first-order chi connectivity index (χ1) is 16.7. The van der Waals surface area contributed by atoms with Gasteiger partial charge in [0, 0.05) is 24.2 Å². The second kappa shape index (κ2) is 9.43. The van der Waals surface area contributed by atoms with Gasteiger partial charge in [0.25, 0.3) is 0 Å². The van der Waals surface area contributed by atoms with Crippen LogP contribution in [0.2, 0.25) is 0 Å². The molecule has 0 radical (unpaired) electrons. The van der Waals surface area contributed by atoms with Gasteiger partial charge >= 0.3 is 0 Å². The number of hydrogen-bond acceptors (Lipinski definition) is 6. The molecule has 6 nitrogen and oxygen atoms in total. The molecule has 0 spiro atoms. The molecule has 4 aliphatic carbocycles. The highest BCUT2D eigenvalue weighted by atomic mass is 16.7. The van der Waals surface area contributed by atoms with Gasteiger partial charge in [-0.1, -0.05) is 13.8 Å². The molecule has 1 aromatic heterocycles. The zero-order valence-electron chi connectivity index (χ0n) is 22.1. The Labute approximate surface area is 210 Å². The first kappa shape index (κ1) is 25.7. The van der Waals surface area contributed by atoms with Crippen molar-refractivity contribution < 1.29 is 28.8 Å². The molecule has 198 valence electrons. The molecule has 5 rings (SSSR count). The van der Waals surface area contributed by atoms with Crippen LogP contribution < -0.4 is 0 Å². The Balaban J connectivity index is 1.30. The average molecular weight is 491 g/mol. The summed E-state index contributed by atoms with van der Waals surface area (Å²) < 4.78 is 23.0. The number of furan rings is 1. The van der Waals surface area contributed by atoms with Gasteiger partial charge in [-0.25, -0.2) is 0 Å². The SMILES string of the molecule is CCOC(CO[C@H]1CC[C@@]2(C)[C@H](CC[C@@H]3[C@@H]2CC[C@]2(C)[C@@](O)(c4ccoc4)CC[C@]32O)C1)OCC. The first-order valence-electron chi connectivity index (χ1n) is 14.0. The fourth-order valence-corrected chi connectivity index (χ4v) is 9.05. The highest BCUT2D eigenvalue weighted by Gasteiger charge is 2.72. The number of fused-ring (bicyclic) bond motifs is 5. The number of aliphatic hydroxyl groups is 2. The van der Waals surface area contributed by atoms with Gasteiger partial charge < -0.3 is 28.8 Å². The minimum absolute atomic E-state index is 0.218. The minimum atomic E-state index is -1.03. The summed E-state index contributed by atoms with van der Waals surface area (Å²) in [5.41, 5.74) is -1.38. The molecule has 4 fully saturated rings. The van der Waals surface area contributed by atoms with E-state index in [2.05, 4.69) is 13.8 Å². The third-order valence-electron chi connectivity index (χ3n) is 11.1. The van der Waals surface area contributed by atoms with Gasteiger partial charge in [-0.3, -0.25) is 0 Å². The van der Waals surface area contributed by atoms with E-state index in [-0.39, 0.29) is 23.7 Å². The van der Waals surface area contributed by atoms with E-state index in [1.165, 1.54) is 0 Å². The van der Waals surface area contributed by atoms with Crippen molar-refractivity contribution in [2.24, 2.45) is 28.6 Å². The molecule has 0 aromatic carbocycles. The zero-order valence-corrected chi connectivity index (χ0v) is 22.1. The maximum absolute atomic E-state index is 12.4. The van der Waals surface area contributed by atoms with Crippen molar-refractivity contribution >= 4 is 0 Å². The predicted molar refractivity (Wildman–Crippen MR) is 133 cm³/mol. The van der Waals surface area contributed by atoms with E-state index in [1.807, 2.05) is 19.9 Å². The molecule has 4 saturated carbocycles. The van der Waals surface area contributed by atoms with Crippen molar-refractivity contribution in [2.75, 3.05) is 19.8 Å². The molecular formula is C29H46O6. The third-order valence-corrected chi connectivity index (χ3v) is 11.1. The quantitative estimate of drug-likeness (QED) is 0.474. The maximum atomic E-state index is 12.4. The normalized spacial score (nSPS) is 45.2. The van der Waals surface area contributed by atoms with Gasteiger partial charge in [0.2, 0.25) is 0 Å². The number of rotatable bonds is 8. The van der Waals surface area contributed by atoms with Crippen LogP contribution in [0.15, 0.2) is 23.0 Å². The molecule has 4 aliphatic rings. The monoisotopic (exact) mass is 490 g/mol. The van der Waals surface area contributed by atoms with Crippen LogP contribution in [0.5, 0.6) is 0 Å². The summed E-state index contributed by atoms with van der Waals surface area (Å²) in [5.74, 6) is 1.34. The van der Waals surface area contributed by atoms with Gasteiger partial charge in [0.1, 0.15) is 5.60 Å². The van der Waals surface area contributed by atoms with Crippen molar-refractivity contribution in [2.45, 2.75) is 109 Å². The van der Waals surface area contributed by atoms with Gasteiger partial charge in [0.15, 0.2) is 6.29 Å². The van der Waals surface area contributed by atoms with E-state index >= 15 is 0 Å². The summed E-state index contributed by atoms with van der Waals surface area (Å²) in [6, 6.07) is 1.88. The number of hydrogen-bond donors (Lipinski definition) is 2. The van der Waals surface area contributed by atoms with E-state index in [0.29, 0.717) is 44.5 Å². The minimum Gasteiger partial charge on any atom is -0.472 e. The van der Waals surface area contributed by atoms with Crippen LogP contribution >= 0.6 is 0 Å². The summed E-state index contributed by atoms with van der Waals surface area (Å²) in [4.78, 5) is 0.